The van der Waals surface area contributed by atoms with Gasteiger partial charge in [0.15, 0.2) is 0 Å². The third-order valence-corrected chi connectivity index (χ3v) is 6.00. The largest absolute Gasteiger partial charge is 0.381 e. The maximum atomic E-state index is 13.5. The van der Waals surface area contributed by atoms with Gasteiger partial charge in [0.1, 0.15) is 5.70 Å². The number of hydrogen-bond acceptors (Lipinski definition) is 4. The molecular weight excluding hydrogens is 412 g/mol. The third-order valence-electron chi connectivity index (χ3n) is 5.75. The average Bonchev–Trinajstić information content (AvgIpc) is 3.30. The van der Waals surface area contributed by atoms with Crippen LogP contribution in [0.25, 0.3) is 5.57 Å². The number of benzene rings is 2. The van der Waals surface area contributed by atoms with E-state index in [2.05, 4.69) is 13.0 Å². The SMILES string of the molecule is CCCCOCCCN1C(=O)C(c2ccc(Cl)cc2)=C(N2CCc3ccccc32)C1=O. The van der Waals surface area contributed by atoms with Crippen LogP contribution in [0.4, 0.5) is 5.69 Å². The third kappa shape index (κ3) is 4.39. The van der Waals surface area contributed by atoms with E-state index >= 15 is 0 Å². The van der Waals surface area contributed by atoms with Gasteiger partial charge in [0.05, 0.1) is 5.57 Å². The molecule has 0 aliphatic carbocycles. The Balaban J connectivity index is 1.62. The number of unbranched alkanes of at least 4 members (excludes halogenated alkanes) is 1. The van der Waals surface area contributed by atoms with E-state index in [1.165, 1.54) is 10.5 Å². The lowest BCUT2D eigenvalue weighted by Crippen LogP contribution is -2.36. The van der Waals surface area contributed by atoms with Gasteiger partial charge in [-0.3, -0.25) is 14.5 Å². The van der Waals surface area contributed by atoms with Crippen LogP contribution in [0.5, 0.6) is 0 Å². The first-order chi connectivity index (χ1) is 15.1. The van der Waals surface area contributed by atoms with Crippen molar-refractivity contribution in [3.8, 4) is 0 Å². The van der Waals surface area contributed by atoms with Crippen LogP contribution in [0.3, 0.4) is 0 Å². The van der Waals surface area contributed by atoms with Crippen molar-refractivity contribution in [3.63, 3.8) is 0 Å². The average molecular weight is 439 g/mol. The Kier molecular flexibility index (Phi) is 6.73. The summed E-state index contributed by atoms with van der Waals surface area (Å²) >= 11 is 6.06. The second-order valence-corrected chi connectivity index (χ2v) is 8.28. The summed E-state index contributed by atoms with van der Waals surface area (Å²) in [6, 6.07) is 15.2. The Morgan fingerprint density at radius 2 is 1.71 bits per heavy atom. The number of rotatable bonds is 9. The number of halogens is 1. The normalized spacial score (nSPS) is 15.9. The molecule has 2 aromatic carbocycles. The molecule has 0 atom stereocenters. The highest BCUT2D eigenvalue weighted by atomic mass is 35.5. The van der Waals surface area contributed by atoms with E-state index in [1.54, 1.807) is 12.1 Å². The zero-order valence-corrected chi connectivity index (χ0v) is 18.5. The lowest BCUT2D eigenvalue weighted by atomic mass is 10.0. The van der Waals surface area contributed by atoms with Crippen LogP contribution in [0.15, 0.2) is 54.2 Å². The maximum Gasteiger partial charge on any atom is 0.278 e. The molecule has 4 rings (SSSR count). The summed E-state index contributed by atoms with van der Waals surface area (Å²) in [6.07, 6.45) is 3.57. The van der Waals surface area contributed by atoms with E-state index in [9.17, 15) is 9.59 Å². The predicted molar refractivity (Wildman–Crippen MR) is 123 cm³/mol. The van der Waals surface area contributed by atoms with Crippen molar-refractivity contribution >= 4 is 34.7 Å². The summed E-state index contributed by atoms with van der Waals surface area (Å²) in [5.41, 5.74) is 3.81. The van der Waals surface area contributed by atoms with Gasteiger partial charge in [-0.05, 0) is 48.6 Å². The molecule has 2 aliphatic rings. The maximum absolute atomic E-state index is 13.5. The number of fused-ring (bicyclic) bond motifs is 1. The first-order valence-electron chi connectivity index (χ1n) is 10.9. The van der Waals surface area contributed by atoms with Gasteiger partial charge >= 0.3 is 0 Å². The second-order valence-electron chi connectivity index (χ2n) is 7.84. The van der Waals surface area contributed by atoms with Crippen molar-refractivity contribution in [1.82, 2.24) is 4.90 Å². The minimum Gasteiger partial charge on any atom is -0.381 e. The lowest BCUT2D eigenvalue weighted by molar-refractivity contribution is -0.137. The van der Waals surface area contributed by atoms with Gasteiger partial charge in [-0.2, -0.15) is 0 Å². The molecule has 0 spiro atoms. The Morgan fingerprint density at radius 3 is 2.48 bits per heavy atom. The van der Waals surface area contributed by atoms with Crippen LogP contribution in [0.1, 0.15) is 37.3 Å². The molecule has 162 valence electrons. The molecule has 0 bridgehead atoms. The topological polar surface area (TPSA) is 49.9 Å². The van der Waals surface area contributed by atoms with Crippen molar-refractivity contribution in [3.05, 3.63) is 70.4 Å². The van der Waals surface area contributed by atoms with Crippen LogP contribution in [-0.4, -0.2) is 43.0 Å². The number of carbonyl (C=O) groups is 2. The molecule has 2 aliphatic heterocycles. The number of amides is 2. The highest BCUT2D eigenvalue weighted by Crippen LogP contribution is 2.38. The van der Waals surface area contributed by atoms with Gasteiger partial charge in [0.2, 0.25) is 0 Å². The van der Waals surface area contributed by atoms with Gasteiger partial charge < -0.3 is 9.64 Å². The van der Waals surface area contributed by atoms with Crippen LogP contribution in [0, 0.1) is 0 Å². The minimum absolute atomic E-state index is 0.236. The zero-order valence-electron chi connectivity index (χ0n) is 17.8. The summed E-state index contributed by atoms with van der Waals surface area (Å²) in [6.45, 7) is 4.39. The molecule has 6 heteroatoms. The summed E-state index contributed by atoms with van der Waals surface area (Å²) in [5.74, 6) is -0.486. The first-order valence-corrected chi connectivity index (χ1v) is 11.3. The molecule has 0 fully saturated rings. The van der Waals surface area contributed by atoms with Crippen molar-refractivity contribution < 1.29 is 14.3 Å². The van der Waals surface area contributed by atoms with E-state index in [0.29, 0.717) is 54.6 Å². The molecule has 2 aromatic rings. The number of carbonyl (C=O) groups excluding carboxylic acids is 2. The summed E-state index contributed by atoms with van der Waals surface area (Å²) in [5, 5.41) is 0.593. The van der Waals surface area contributed by atoms with Crippen molar-refractivity contribution in [2.45, 2.75) is 32.6 Å². The monoisotopic (exact) mass is 438 g/mol. The molecule has 0 radical (unpaired) electrons. The fraction of sp³-hybridized carbons (Fsp3) is 0.360. The Morgan fingerprint density at radius 1 is 0.968 bits per heavy atom. The second kappa shape index (κ2) is 9.67. The number of nitrogens with zero attached hydrogens (tertiary/aromatic N) is 2. The molecule has 0 unspecified atom stereocenters. The van der Waals surface area contributed by atoms with Crippen molar-refractivity contribution in [1.29, 1.82) is 0 Å². The van der Waals surface area contributed by atoms with E-state index in [-0.39, 0.29) is 11.8 Å². The highest BCUT2D eigenvalue weighted by Gasteiger charge is 2.42. The van der Waals surface area contributed by atoms with Crippen LogP contribution in [-0.2, 0) is 20.7 Å². The number of anilines is 1. The van der Waals surface area contributed by atoms with Crippen molar-refractivity contribution in [2.75, 3.05) is 31.2 Å². The van der Waals surface area contributed by atoms with Gasteiger partial charge in [0, 0.05) is 37.0 Å². The molecule has 5 nitrogen and oxygen atoms in total. The van der Waals surface area contributed by atoms with E-state index < -0.39 is 0 Å². The number of imide groups is 1. The van der Waals surface area contributed by atoms with E-state index in [1.807, 2.05) is 35.2 Å². The van der Waals surface area contributed by atoms with Gasteiger partial charge in [0.25, 0.3) is 11.8 Å². The number of hydrogen-bond donors (Lipinski definition) is 0. The van der Waals surface area contributed by atoms with Gasteiger partial charge in [-0.25, -0.2) is 0 Å². The molecule has 0 aromatic heterocycles. The number of ether oxygens (including phenoxy) is 1. The minimum atomic E-state index is -0.250. The molecule has 31 heavy (non-hydrogen) atoms. The molecule has 0 saturated heterocycles. The van der Waals surface area contributed by atoms with E-state index in [4.69, 9.17) is 16.3 Å². The summed E-state index contributed by atoms with van der Waals surface area (Å²) < 4.78 is 5.61. The summed E-state index contributed by atoms with van der Waals surface area (Å²) in [7, 11) is 0. The smallest absolute Gasteiger partial charge is 0.278 e. The van der Waals surface area contributed by atoms with E-state index in [0.717, 1.165) is 24.9 Å². The fourth-order valence-corrected chi connectivity index (χ4v) is 4.26. The standard InChI is InChI=1S/C25H27ClN2O3/c1-2-3-16-31-17-6-14-28-24(29)22(19-9-11-20(26)12-10-19)23(25(28)30)27-15-13-18-7-4-5-8-21(18)27/h4-5,7-12H,2-3,6,13-17H2,1H3. The molecule has 0 N–H and O–H groups in total. The number of para-hydroxylation sites is 1. The summed E-state index contributed by atoms with van der Waals surface area (Å²) in [4.78, 5) is 30.2. The van der Waals surface area contributed by atoms with Crippen molar-refractivity contribution in [2.24, 2.45) is 0 Å². The van der Waals surface area contributed by atoms with Gasteiger partial charge in [-0.1, -0.05) is 55.3 Å². The van der Waals surface area contributed by atoms with Crippen LogP contribution in [0.2, 0.25) is 5.02 Å². The molecular formula is C25H27ClN2O3. The Bertz CT molecular complexity index is 1000. The first kappa shape index (κ1) is 21.6. The van der Waals surface area contributed by atoms with Crippen LogP contribution >= 0.6 is 11.6 Å². The predicted octanol–water partition coefficient (Wildman–Crippen LogP) is 4.69. The fourth-order valence-electron chi connectivity index (χ4n) is 4.14. The molecule has 0 saturated carbocycles. The van der Waals surface area contributed by atoms with Gasteiger partial charge in [-0.15, -0.1) is 0 Å². The van der Waals surface area contributed by atoms with Crippen LogP contribution < -0.4 is 4.90 Å². The Hall–Kier alpha value is -2.63. The zero-order chi connectivity index (χ0) is 21.8. The molecule has 2 heterocycles. The highest BCUT2D eigenvalue weighted by molar-refractivity contribution is 6.37. The lowest BCUT2D eigenvalue weighted by Gasteiger charge is -2.21. The molecule has 2 amide bonds. The Labute approximate surface area is 188 Å². The quantitative estimate of drug-likeness (QED) is 0.421.